The van der Waals surface area contributed by atoms with Gasteiger partial charge in [-0.3, -0.25) is 0 Å². The Morgan fingerprint density at radius 2 is 1.59 bits per heavy atom. The number of nitrogens with one attached hydrogen (secondary N) is 1. The lowest BCUT2D eigenvalue weighted by molar-refractivity contribution is -0.911. The SMILES string of the molecule is CO[Si](CCC[N+]1(C)CCNCC1)(OC)OC. The van der Waals surface area contributed by atoms with Crippen molar-refractivity contribution in [3.05, 3.63) is 0 Å². The van der Waals surface area contributed by atoms with Crippen molar-refractivity contribution in [1.82, 2.24) is 5.32 Å². The van der Waals surface area contributed by atoms with E-state index in [4.69, 9.17) is 13.3 Å². The fraction of sp³-hybridized carbons (Fsp3) is 1.00. The van der Waals surface area contributed by atoms with Gasteiger partial charge in [0.1, 0.15) is 0 Å². The Kier molecular flexibility index (Phi) is 6.05. The Morgan fingerprint density at radius 3 is 2.06 bits per heavy atom. The monoisotopic (exact) mass is 263 g/mol. The summed E-state index contributed by atoms with van der Waals surface area (Å²) in [6.45, 7) is 5.84. The van der Waals surface area contributed by atoms with Crippen LogP contribution in [0.3, 0.4) is 0 Å². The number of piperazine rings is 1. The van der Waals surface area contributed by atoms with Gasteiger partial charge in [0.25, 0.3) is 0 Å². The topological polar surface area (TPSA) is 39.7 Å². The van der Waals surface area contributed by atoms with Crippen LogP contribution in [0.1, 0.15) is 6.42 Å². The summed E-state index contributed by atoms with van der Waals surface area (Å²) in [5, 5.41) is 3.40. The number of likely N-dealkylation sites (N-methyl/N-ethyl adjacent to an activating group) is 1. The molecule has 1 heterocycles. The first-order valence-electron chi connectivity index (χ1n) is 6.29. The molecule has 6 heteroatoms. The van der Waals surface area contributed by atoms with Gasteiger partial charge in [0.2, 0.25) is 0 Å². The molecule has 0 spiro atoms. The lowest BCUT2D eigenvalue weighted by Crippen LogP contribution is -2.56. The molecule has 1 aliphatic rings. The van der Waals surface area contributed by atoms with Crippen LogP contribution in [-0.4, -0.2) is 74.4 Å². The molecular weight excluding hydrogens is 236 g/mol. The van der Waals surface area contributed by atoms with Crippen LogP contribution in [0.2, 0.25) is 6.04 Å². The highest BCUT2D eigenvalue weighted by atomic mass is 28.4. The molecule has 0 aromatic heterocycles. The van der Waals surface area contributed by atoms with Crippen LogP contribution in [0.4, 0.5) is 0 Å². The normalized spacial score (nSPS) is 20.5. The van der Waals surface area contributed by atoms with E-state index in [-0.39, 0.29) is 0 Å². The van der Waals surface area contributed by atoms with Crippen LogP contribution >= 0.6 is 0 Å². The fourth-order valence-corrected chi connectivity index (χ4v) is 4.10. The van der Waals surface area contributed by atoms with Crippen LogP contribution in [0.15, 0.2) is 0 Å². The van der Waals surface area contributed by atoms with E-state index in [1.165, 1.54) is 19.6 Å². The number of rotatable bonds is 7. The summed E-state index contributed by atoms with van der Waals surface area (Å²) in [5.41, 5.74) is 0. The molecule has 0 atom stereocenters. The zero-order valence-corrected chi connectivity index (χ0v) is 12.6. The van der Waals surface area contributed by atoms with E-state index < -0.39 is 8.80 Å². The second-order valence-corrected chi connectivity index (χ2v) is 8.03. The van der Waals surface area contributed by atoms with Crippen LogP contribution < -0.4 is 5.32 Å². The van der Waals surface area contributed by atoms with Gasteiger partial charge in [-0.2, -0.15) is 0 Å². The van der Waals surface area contributed by atoms with Gasteiger partial charge < -0.3 is 23.1 Å². The first-order chi connectivity index (χ1) is 8.10. The van der Waals surface area contributed by atoms with Crippen LogP contribution in [0, 0.1) is 0 Å². The average molecular weight is 263 g/mol. The molecular formula is C11H27N2O3Si+. The van der Waals surface area contributed by atoms with Crippen molar-refractivity contribution in [3.63, 3.8) is 0 Å². The predicted octanol–water partition coefficient (Wildman–Crippen LogP) is 0.304. The second-order valence-electron chi connectivity index (χ2n) is 4.94. The van der Waals surface area contributed by atoms with E-state index in [0.29, 0.717) is 0 Å². The summed E-state index contributed by atoms with van der Waals surface area (Å²) in [7, 11) is 5.01. The largest absolute Gasteiger partial charge is 0.500 e. The first kappa shape index (κ1) is 15.1. The zero-order chi connectivity index (χ0) is 12.8. The minimum absolute atomic E-state index is 0.901. The summed E-state index contributed by atoms with van der Waals surface area (Å²) >= 11 is 0. The van der Waals surface area contributed by atoms with E-state index in [9.17, 15) is 0 Å². The van der Waals surface area contributed by atoms with Gasteiger partial charge in [0.05, 0.1) is 26.7 Å². The third-order valence-corrected chi connectivity index (χ3v) is 6.60. The summed E-state index contributed by atoms with van der Waals surface area (Å²) in [4.78, 5) is 0. The van der Waals surface area contributed by atoms with Crippen molar-refractivity contribution < 1.29 is 17.8 Å². The summed E-state index contributed by atoms with van der Waals surface area (Å²) in [6.07, 6.45) is 1.10. The minimum Gasteiger partial charge on any atom is -0.377 e. The van der Waals surface area contributed by atoms with Gasteiger partial charge in [-0.25, -0.2) is 0 Å². The Morgan fingerprint density at radius 1 is 1.06 bits per heavy atom. The van der Waals surface area contributed by atoms with E-state index in [0.717, 1.165) is 30.0 Å². The molecule has 1 fully saturated rings. The molecule has 0 amide bonds. The van der Waals surface area contributed by atoms with E-state index in [1.807, 2.05) is 0 Å². The molecule has 0 aliphatic carbocycles. The third kappa shape index (κ3) is 4.31. The highest BCUT2D eigenvalue weighted by Gasteiger charge is 2.38. The average Bonchev–Trinajstić information content (AvgIpc) is 2.36. The highest BCUT2D eigenvalue weighted by Crippen LogP contribution is 2.17. The Balaban J connectivity index is 2.34. The molecule has 0 bridgehead atoms. The van der Waals surface area contributed by atoms with Gasteiger partial charge in [-0.1, -0.05) is 0 Å². The molecule has 0 aromatic rings. The number of nitrogens with zero attached hydrogens (tertiary/aromatic N) is 1. The maximum absolute atomic E-state index is 5.43. The molecule has 17 heavy (non-hydrogen) atoms. The lowest BCUT2D eigenvalue weighted by atomic mass is 10.2. The van der Waals surface area contributed by atoms with Gasteiger partial charge in [-0.15, -0.1) is 0 Å². The minimum atomic E-state index is -2.36. The molecule has 0 saturated carbocycles. The van der Waals surface area contributed by atoms with Crippen molar-refractivity contribution in [2.24, 2.45) is 0 Å². The molecule has 1 rings (SSSR count). The van der Waals surface area contributed by atoms with E-state index in [2.05, 4.69) is 12.4 Å². The number of hydrogen-bond acceptors (Lipinski definition) is 4. The molecule has 5 nitrogen and oxygen atoms in total. The fourth-order valence-electron chi connectivity index (χ4n) is 2.39. The predicted molar refractivity (Wildman–Crippen MR) is 69.9 cm³/mol. The maximum atomic E-state index is 5.43. The number of hydrogen-bond donors (Lipinski definition) is 1. The number of quaternary nitrogens is 1. The molecule has 102 valence electrons. The zero-order valence-electron chi connectivity index (χ0n) is 11.6. The van der Waals surface area contributed by atoms with Gasteiger partial charge in [0.15, 0.2) is 0 Å². The smallest absolute Gasteiger partial charge is 0.377 e. The Hall–Kier alpha value is 0.0169. The molecule has 1 N–H and O–H groups in total. The quantitative estimate of drug-likeness (QED) is 0.530. The van der Waals surface area contributed by atoms with E-state index in [1.54, 1.807) is 21.3 Å². The van der Waals surface area contributed by atoms with Crippen molar-refractivity contribution >= 4 is 8.80 Å². The second kappa shape index (κ2) is 6.82. The van der Waals surface area contributed by atoms with Crippen molar-refractivity contribution in [2.45, 2.75) is 12.5 Å². The Labute approximate surface area is 106 Å². The standard InChI is InChI=1S/C11H27N2O3Si/c1-13(9-6-12-7-10-13)8-5-11-17(14-2,15-3)16-4/h12H,5-11H2,1-4H3/q+1. The maximum Gasteiger partial charge on any atom is 0.500 e. The molecule has 1 saturated heterocycles. The van der Waals surface area contributed by atoms with E-state index >= 15 is 0 Å². The third-order valence-electron chi connectivity index (χ3n) is 3.77. The van der Waals surface area contributed by atoms with Gasteiger partial charge in [0, 0.05) is 46.9 Å². The van der Waals surface area contributed by atoms with Crippen LogP contribution in [0.25, 0.3) is 0 Å². The summed E-state index contributed by atoms with van der Waals surface area (Å²) in [5.74, 6) is 0. The molecule has 0 unspecified atom stereocenters. The summed E-state index contributed by atoms with van der Waals surface area (Å²) in [6, 6.07) is 0.901. The molecule has 1 aliphatic heterocycles. The first-order valence-corrected chi connectivity index (χ1v) is 8.23. The Bertz CT molecular complexity index is 210. The van der Waals surface area contributed by atoms with Crippen molar-refractivity contribution in [2.75, 3.05) is 61.1 Å². The van der Waals surface area contributed by atoms with Crippen LogP contribution in [-0.2, 0) is 13.3 Å². The van der Waals surface area contributed by atoms with Gasteiger partial charge >= 0.3 is 8.80 Å². The molecule has 0 radical (unpaired) electrons. The highest BCUT2D eigenvalue weighted by molar-refractivity contribution is 6.60. The van der Waals surface area contributed by atoms with Gasteiger partial charge in [-0.05, 0) is 0 Å². The summed E-state index contributed by atoms with van der Waals surface area (Å²) < 4.78 is 17.4. The lowest BCUT2D eigenvalue weighted by Gasteiger charge is -2.38. The molecule has 0 aromatic carbocycles. The van der Waals surface area contributed by atoms with Crippen LogP contribution in [0.5, 0.6) is 0 Å². The van der Waals surface area contributed by atoms with Crippen molar-refractivity contribution in [1.29, 1.82) is 0 Å². The van der Waals surface area contributed by atoms with Crippen molar-refractivity contribution in [3.8, 4) is 0 Å².